The SMILES string of the molecule is CCC1(CC)COC(CCCc2ccc(C)cc2)(Cn2ccnc2)OC1. The molecule has 1 aliphatic rings. The summed E-state index contributed by atoms with van der Waals surface area (Å²) in [5.74, 6) is -0.542. The molecule has 1 saturated heterocycles. The quantitative estimate of drug-likeness (QED) is 0.684. The van der Waals surface area contributed by atoms with Gasteiger partial charge in [0.25, 0.3) is 0 Å². The highest BCUT2D eigenvalue weighted by Gasteiger charge is 2.43. The first-order chi connectivity index (χ1) is 12.6. The van der Waals surface area contributed by atoms with Crippen molar-refractivity contribution in [3.8, 4) is 0 Å². The molecular weight excluding hydrogens is 324 g/mol. The van der Waals surface area contributed by atoms with Gasteiger partial charge >= 0.3 is 0 Å². The van der Waals surface area contributed by atoms with Crippen molar-refractivity contribution in [2.45, 2.75) is 65.2 Å². The Kier molecular flexibility index (Phi) is 6.15. The molecule has 2 aromatic rings. The number of benzene rings is 1. The van der Waals surface area contributed by atoms with E-state index in [9.17, 15) is 0 Å². The van der Waals surface area contributed by atoms with Crippen LogP contribution in [0.5, 0.6) is 0 Å². The third-order valence-electron chi connectivity index (χ3n) is 5.91. The van der Waals surface area contributed by atoms with Crippen molar-refractivity contribution >= 4 is 0 Å². The summed E-state index contributed by atoms with van der Waals surface area (Å²) in [6, 6.07) is 8.81. The van der Waals surface area contributed by atoms with E-state index < -0.39 is 5.79 Å². The Bertz CT molecular complexity index is 650. The molecule has 0 N–H and O–H groups in total. The van der Waals surface area contributed by atoms with Gasteiger partial charge in [-0.2, -0.15) is 0 Å². The first kappa shape index (κ1) is 19.1. The van der Waals surface area contributed by atoms with Gasteiger partial charge in [0.05, 0.1) is 26.1 Å². The van der Waals surface area contributed by atoms with Gasteiger partial charge in [0.15, 0.2) is 5.79 Å². The van der Waals surface area contributed by atoms with Crippen molar-refractivity contribution < 1.29 is 9.47 Å². The average Bonchev–Trinajstić information content (AvgIpc) is 3.17. The van der Waals surface area contributed by atoms with Crippen LogP contribution in [0, 0.1) is 12.3 Å². The van der Waals surface area contributed by atoms with Crippen molar-refractivity contribution in [1.29, 1.82) is 0 Å². The molecule has 0 aliphatic carbocycles. The van der Waals surface area contributed by atoms with Gasteiger partial charge in [-0.3, -0.25) is 0 Å². The molecule has 0 spiro atoms. The summed E-state index contributed by atoms with van der Waals surface area (Å²) in [6.45, 7) is 8.84. The molecule has 1 aliphatic heterocycles. The Hall–Kier alpha value is -1.65. The van der Waals surface area contributed by atoms with Gasteiger partial charge in [-0.25, -0.2) is 4.98 Å². The Morgan fingerprint density at radius 2 is 1.77 bits per heavy atom. The van der Waals surface area contributed by atoms with E-state index in [2.05, 4.69) is 54.6 Å². The average molecular weight is 357 g/mol. The Labute approximate surface area is 157 Å². The van der Waals surface area contributed by atoms with E-state index >= 15 is 0 Å². The van der Waals surface area contributed by atoms with E-state index in [1.807, 2.05) is 18.7 Å². The molecule has 1 aromatic heterocycles. The Morgan fingerprint density at radius 1 is 1.08 bits per heavy atom. The van der Waals surface area contributed by atoms with E-state index in [0.717, 1.165) is 45.3 Å². The van der Waals surface area contributed by atoms with E-state index in [1.165, 1.54) is 11.1 Å². The highest BCUT2D eigenvalue weighted by molar-refractivity contribution is 5.21. The molecule has 0 amide bonds. The highest BCUT2D eigenvalue weighted by Crippen LogP contribution is 2.38. The lowest BCUT2D eigenvalue weighted by atomic mass is 9.83. The summed E-state index contributed by atoms with van der Waals surface area (Å²) < 4.78 is 14.9. The minimum absolute atomic E-state index is 0.162. The lowest BCUT2D eigenvalue weighted by molar-refractivity contribution is -0.313. The molecule has 0 atom stereocenters. The van der Waals surface area contributed by atoms with Crippen molar-refractivity contribution in [3.63, 3.8) is 0 Å². The molecule has 2 heterocycles. The van der Waals surface area contributed by atoms with Crippen LogP contribution in [0.4, 0.5) is 0 Å². The topological polar surface area (TPSA) is 36.3 Å². The molecule has 3 rings (SSSR count). The summed E-state index contributed by atoms with van der Waals surface area (Å²) in [6.07, 6.45) is 10.8. The summed E-state index contributed by atoms with van der Waals surface area (Å²) in [4.78, 5) is 4.17. The van der Waals surface area contributed by atoms with Crippen LogP contribution in [-0.2, 0) is 22.4 Å². The molecular formula is C22H32N2O2. The molecule has 1 fully saturated rings. The molecule has 0 unspecified atom stereocenters. The van der Waals surface area contributed by atoms with E-state index in [0.29, 0.717) is 6.54 Å². The lowest BCUT2D eigenvalue weighted by Gasteiger charge is -2.46. The fraction of sp³-hybridized carbons (Fsp3) is 0.591. The van der Waals surface area contributed by atoms with Crippen LogP contribution >= 0.6 is 0 Å². The first-order valence-corrected chi connectivity index (χ1v) is 9.88. The second kappa shape index (κ2) is 8.36. The molecule has 26 heavy (non-hydrogen) atoms. The number of rotatable bonds is 8. The fourth-order valence-electron chi connectivity index (χ4n) is 3.60. The number of aromatic nitrogens is 2. The van der Waals surface area contributed by atoms with Crippen molar-refractivity contribution in [2.24, 2.45) is 5.41 Å². The number of hydrogen-bond acceptors (Lipinski definition) is 3. The molecule has 4 heteroatoms. The Morgan fingerprint density at radius 3 is 2.35 bits per heavy atom. The standard InChI is InChI=1S/C22H32N2O2/c1-4-21(5-2)16-25-22(26-17-21,15-24-14-13-23-18-24)12-6-7-20-10-8-19(3)9-11-20/h8-11,13-14,18H,4-7,12,15-17H2,1-3H3. The third-order valence-corrected chi connectivity index (χ3v) is 5.91. The van der Waals surface area contributed by atoms with Gasteiger partial charge in [0, 0.05) is 24.2 Å². The van der Waals surface area contributed by atoms with Crippen LogP contribution in [0.1, 0.15) is 50.7 Å². The van der Waals surface area contributed by atoms with Crippen LogP contribution in [0.15, 0.2) is 43.0 Å². The molecule has 142 valence electrons. The molecule has 0 saturated carbocycles. The monoisotopic (exact) mass is 356 g/mol. The normalized spacial score (nSPS) is 18.7. The van der Waals surface area contributed by atoms with E-state index in [1.54, 1.807) is 0 Å². The highest BCUT2D eigenvalue weighted by atomic mass is 16.7. The van der Waals surface area contributed by atoms with Crippen LogP contribution in [0.3, 0.4) is 0 Å². The largest absolute Gasteiger partial charge is 0.348 e. The Balaban J connectivity index is 1.65. The number of aryl methyl sites for hydroxylation is 2. The first-order valence-electron chi connectivity index (χ1n) is 9.88. The van der Waals surface area contributed by atoms with Gasteiger partial charge in [0.1, 0.15) is 0 Å². The van der Waals surface area contributed by atoms with Gasteiger partial charge in [-0.15, -0.1) is 0 Å². The maximum Gasteiger partial charge on any atom is 0.186 e. The summed E-state index contributed by atoms with van der Waals surface area (Å²) >= 11 is 0. The molecule has 4 nitrogen and oxygen atoms in total. The number of ether oxygens (including phenoxy) is 2. The maximum absolute atomic E-state index is 6.42. The minimum atomic E-state index is -0.542. The summed E-state index contributed by atoms with van der Waals surface area (Å²) in [7, 11) is 0. The lowest BCUT2D eigenvalue weighted by Crippen LogP contribution is -2.51. The molecule has 0 radical (unpaired) electrons. The van der Waals surface area contributed by atoms with Crippen LogP contribution in [-0.4, -0.2) is 28.6 Å². The van der Waals surface area contributed by atoms with Crippen LogP contribution in [0.25, 0.3) is 0 Å². The third kappa shape index (κ3) is 4.54. The van der Waals surface area contributed by atoms with Crippen molar-refractivity contribution in [3.05, 3.63) is 54.1 Å². The number of nitrogens with zero attached hydrogens (tertiary/aromatic N) is 2. The zero-order valence-electron chi connectivity index (χ0n) is 16.4. The van der Waals surface area contributed by atoms with Gasteiger partial charge < -0.3 is 14.0 Å². The fourth-order valence-corrected chi connectivity index (χ4v) is 3.60. The zero-order chi connectivity index (χ0) is 18.5. The second-order valence-electron chi connectivity index (χ2n) is 7.77. The predicted molar refractivity (Wildman–Crippen MR) is 104 cm³/mol. The zero-order valence-corrected chi connectivity index (χ0v) is 16.4. The molecule has 0 bridgehead atoms. The number of hydrogen-bond donors (Lipinski definition) is 0. The van der Waals surface area contributed by atoms with E-state index in [4.69, 9.17) is 9.47 Å². The predicted octanol–water partition coefficient (Wildman–Crippen LogP) is 4.76. The summed E-state index contributed by atoms with van der Waals surface area (Å²) in [5.41, 5.74) is 2.84. The maximum atomic E-state index is 6.42. The smallest absolute Gasteiger partial charge is 0.186 e. The van der Waals surface area contributed by atoms with Gasteiger partial charge in [-0.05, 0) is 38.2 Å². The molecule has 1 aromatic carbocycles. The number of imidazole rings is 1. The second-order valence-corrected chi connectivity index (χ2v) is 7.77. The summed E-state index contributed by atoms with van der Waals surface area (Å²) in [5, 5.41) is 0. The van der Waals surface area contributed by atoms with Crippen molar-refractivity contribution in [1.82, 2.24) is 9.55 Å². The van der Waals surface area contributed by atoms with Gasteiger partial charge in [-0.1, -0.05) is 43.7 Å². The van der Waals surface area contributed by atoms with Crippen LogP contribution < -0.4 is 0 Å². The van der Waals surface area contributed by atoms with Crippen LogP contribution in [0.2, 0.25) is 0 Å². The van der Waals surface area contributed by atoms with Crippen molar-refractivity contribution in [2.75, 3.05) is 13.2 Å². The van der Waals surface area contributed by atoms with Gasteiger partial charge in [0.2, 0.25) is 0 Å². The van der Waals surface area contributed by atoms with E-state index in [-0.39, 0.29) is 5.41 Å². The minimum Gasteiger partial charge on any atom is -0.348 e.